The van der Waals surface area contributed by atoms with Gasteiger partial charge in [-0.2, -0.15) is 0 Å². The van der Waals surface area contributed by atoms with E-state index in [2.05, 4.69) is 10.6 Å². The Morgan fingerprint density at radius 2 is 1.50 bits per heavy atom. The second kappa shape index (κ2) is 6.01. The van der Waals surface area contributed by atoms with Crippen molar-refractivity contribution in [2.24, 2.45) is 11.8 Å². The molecule has 0 radical (unpaired) electrons. The van der Waals surface area contributed by atoms with Gasteiger partial charge in [-0.3, -0.25) is 24.6 Å². The molecule has 3 saturated heterocycles. The lowest BCUT2D eigenvalue weighted by atomic mass is 9.71. The molecule has 0 aliphatic carbocycles. The second-order valence-corrected chi connectivity index (χ2v) is 7.81. The Morgan fingerprint density at radius 3 is 2.14 bits per heavy atom. The van der Waals surface area contributed by atoms with E-state index in [1.807, 2.05) is 60.7 Å². The standard InChI is InChI=1S/C22H21N3O3/c1-25-19(26)16-17(20(25)27)22(24-18(16)14-10-6-3-7-11-14)15(12-23-21(22)28)13-8-4-2-5-9-13/h2-11,15-18,24H,12H2,1H3,(H,23,28)/t15-,16-,17-,18-,22+/m1/s1. The predicted molar refractivity (Wildman–Crippen MR) is 102 cm³/mol. The van der Waals surface area contributed by atoms with Crippen LogP contribution in [-0.2, 0) is 14.4 Å². The van der Waals surface area contributed by atoms with Crippen LogP contribution in [0.1, 0.15) is 23.1 Å². The van der Waals surface area contributed by atoms with Crippen molar-refractivity contribution in [2.75, 3.05) is 13.6 Å². The zero-order valence-corrected chi connectivity index (χ0v) is 15.5. The molecule has 6 heteroatoms. The number of imide groups is 1. The van der Waals surface area contributed by atoms with E-state index in [9.17, 15) is 14.4 Å². The first-order valence-corrected chi connectivity index (χ1v) is 9.53. The van der Waals surface area contributed by atoms with Crippen molar-refractivity contribution in [1.82, 2.24) is 15.5 Å². The molecular weight excluding hydrogens is 354 g/mol. The fourth-order valence-corrected chi connectivity index (χ4v) is 5.29. The quantitative estimate of drug-likeness (QED) is 0.774. The summed E-state index contributed by atoms with van der Waals surface area (Å²) >= 11 is 0. The highest BCUT2D eigenvalue weighted by atomic mass is 16.2. The lowest BCUT2D eigenvalue weighted by Gasteiger charge is -2.34. The summed E-state index contributed by atoms with van der Waals surface area (Å²) in [7, 11) is 1.52. The third-order valence-electron chi connectivity index (χ3n) is 6.57. The van der Waals surface area contributed by atoms with Gasteiger partial charge in [0, 0.05) is 25.6 Å². The van der Waals surface area contributed by atoms with Gasteiger partial charge in [-0.05, 0) is 11.1 Å². The van der Waals surface area contributed by atoms with Gasteiger partial charge >= 0.3 is 0 Å². The highest BCUT2D eigenvalue weighted by Gasteiger charge is 2.71. The van der Waals surface area contributed by atoms with Crippen molar-refractivity contribution in [1.29, 1.82) is 0 Å². The molecule has 5 atom stereocenters. The average molecular weight is 375 g/mol. The maximum absolute atomic E-state index is 13.2. The van der Waals surface area contributed by atoms with E-state index in [0.717, 1.165) is 11.1 Å². The highest BCUT2D eigenvalue weighted by Crippen LogP contribution is 2.54. The monoisotopic (exact) mass is 375 g/mol. The number of fused-ring (bicyclic) bond motifs is 2. The molecule has 0 bridgehead atoms. The first kappa shape index (κ1) is 17.1. The van der Waals surface area contributed by atoms with Crippen LogP contribution in [0.5, 0.6) is 0 Å². The third-order valence-corrected chi connectivity index (χ3v) is 6.57. The summed E-state index contributed by atoms with van der Waals surface area (Å²) in [5.41, 5.74) is 0.761. The minimum Gasteiger partial charge on any atom is -0.354 e. The molecule has 2 aromatic carbocycles. The molecule has 2 N–H and O–H groups in total. The van der Waals surface area contributed by atoms with Crippen LogP contribution < -0.4 is 10.6 Å². The summed E-state index contributed by atoms with van der Waals surface area (Å²) in [6.07, 6.45) is 0. The highest BCUT2D eigenvalue weighted by molar-refractivity contribution is 6.10. The Hall–Kier alpha value is -2.99. The van der Waals surface area contributed by atoms with Crippen molar-refractivity contribution in [3.05, 3.63) is 71.8 Å². The van der Waals surface area contributed by atoms with E-state index in [0.29, 0.717) is 6.54 Å². The van der Waals surface area contributed by atoms with E-state index in [4.69, 9.17) is 0 Å². The Bertz CT molecular complexity index is 962. The Kier molecular flexibility index (Phi) is 3.67. The normalized spacial score (nSPS) is 34.2. The Morgan fingerprint density at radius 1 is 0.893 bits per heavy atom. The van der Waals surface area contributed by atoms with E-state index < -0.39 is 17.4 Å². The lowest BCUT2D eigenvalue weighted by molar-refractivity contribution is -0.141. The molecule has 5 rings (SSSR count). The number of nitrogens with one attached hydrogen (secondary N) is 2. The predicted octanol–water partition coefficient (Wildman–Crippen LogP) is 1.21. The molecule has 28 heavy (non-hydrogen) atoms. The molecule has 6 nitrogen and oxygen atoms in total. The summed E-state index contributed by atoms with van der Waals surface area (Å²) in [6.45, 7) is 0.436. The SMILES string of the molecule is CN1C(=O)[C@H]2[C@@H](c3ccccc3)N[C@]3(C(=O)NC[C@@H]3c3ccccc3)[C@H]2C1=O. The summed E-state index contributed by atoms with van der Waals surface area (Å²) in [5, 5.41) is 6.44. The maximum atomic E-state index is 13.2. The summed E-state index contributed by atoms with van der Waals surface area (Å²) in [6, 6.07) is 19.0. The second-order valence-electron chi connectivity index (χ2n) is 7.81. The van der Waals surface area contributed by atoms with Gasteiger partial charge < -0.3 is 5.32 Å². The van der Waals surface area contributed by atoms with Gasteiger partial charge in [-0.1, -0.05) is 60.7 Å². The first-order valence-electron chi connectivity index (χ1n) is 9.53. The van der Waals surface area contributed by atoms with Gasteiger partial charge in [-0.15, -0.1) is 0 Å². The molecule has 0 aromatic heterocycles. The fraction of sp³-hybridized carbons (Fsp3) is 0.318. The van der Waals surface area contributed by atoms with Crippen molar-refractivity contribution in [3.63, 3.8) is 0 Å². The molecule has 142 valence electrons. The van der Waals surface area contributed by atoms with Crippen LogP contribution in [0.25, 0.3) is 0 Å². The molecule has 3 aliphatic heterocycles. The molecule has 3 fully saturated rings. The van der Waals surface area contributed by atoms with Crippen LogP contribution in [0.2, 0.25) is 0 Å². The smallest absolute Gasteiger partial charge is 0.241 e. The number of hydrogen-bond donors (Lipinski definition) is 2. The van der Waals surface area contributed by atoms with Gasteiger partial charge in [0.05, 0.1) is 11.8 Å². The number of nitrogens with zero attached hydrogens (tertiary/aromatic N) is 1. The molecule has 0 saturated carbocycles. The van der Waals surface area contributed by atoms with Crippen molar-refractivity contribution < 1.29 is 14.4 Å². The molecule has 3 heterocycles. The molecule has 1 spiro atoms. The lowest BCUT2D eigenvalue weighted by Crippen LogP contribution is -2.57. The molecular formula is C22H21N3O3. The number of hydrogen-bond acceptors (Lipinski definition) is 4. The van der Waals surface area contributed by atoms with Crippen molar-refractivity contribution in [3.8, 4) is 0 Å². The maximum Gasteiger partial charge on any atom is 0.241 e. The van der Waals surface area contributed by atoms with Crippen molar-refractivity contribution in [2.45, 2.75) is 17.5 Å². The zero-order chi connectivity index (χ0) is 19.5. The largest absolute Gasteiger partial charge is 0.354 e. The number of benzene rings is 2. The minimum absolute atomic E-state index is 0.203. The number of amides is 3. The van der Waals surface area contributed by atoms with Crippen molar-refractivity contribution >= 4 is 17.7 Å². The summed E-state index contributed by atoms with van der Waals surface area (Å²) < 4.78 is 0. The van der Waals surface area contributed by atoms with Gasteiger partial charge in [0.2, 0.25) is 17.7 Å². The van der Waals surface area contributed by atoms with E-state index in [1.54, 1.807) is 0 Å². The van der Waals surface area contributed by atoms with Crippen LogP contribution in [0, 0.1) is 11.8 Å². The van der Waals surface area contributed by atoms with Crippen LogP contribution in [-0.4, -0.2) is 41.8 Å². The van der Waals surface area contributed by atoms with E-state index >= 15 is 0 Å². The molecule has 2 aromatic rings. The molecule has 3 amide bonds. The first-order chi connectivity index (χ1) is 13.6. The van der Waals surface area contributed by atoms with Gasteiger partial charge in [-0.25, -0.2) is 0 Å². The summed E-state index contributed by atoms with van der Waals surface area (Å²) in [5.74, 6) is -2.24. The Balaban J connectivity index is 1.69. The van der Waals surface area contributed by atoms with Crippen LogP contribution in [0.3, 0.4) is 0 Å². The number of carbonyl (C=O) groups is 3. The van der Waals surface area contributed by atoms with Gasteiger partial charge in [0.15, 0.2) is 0 Å². The molecule has 3 aliphatic rings. The van der Waals surface area contributed by atoms with Crippen LogP contribution in [0.15, 0.2) is 60.7 Å². The number of likely N-dealkylation sites (tertiary alicyclic amines) is 1. The Labute approximate surface area is 162 Å². The zero-order valence-electron chi connectivity index (χ0n) is 15.5. The van der Waals surface area contributed by atoms with E-state index in [1.165, 1.54) is 11.9 Å². The van der Waals surface area contributed by atoms with E-state index in [-0.39, 0.29) is 29.7 Å². The molecule has 0 unspecified atom stereocenters. The minimum atomic E-state index is -1.13. The average Bonchev–Trinajstić information content (AvgIpc) is 3.33. The topological polar surface area (TPSA) is 78.5 Å². The van der Waals surface area contributed by atoms with Crippen LogP contribution in [0.4, 0.5) is 0 Å². The third kappa shape index (κ3) is 2.09. The summed E-state index contributed by atoms with van der Waals surface area (Å²) in [4.78, 5) is 40.5. The van der Waals surface area contributed by atoms with Gasteiger partial charge in [0.1, 0.15) is 5.54 Å². The number of rotatable bonds is 2. The number of carbonyl (C=O) groups excluding carboxylic acids is 3. The fourth-order valence-electron chi connectivity index (χ4n) is 5.29. The van der Waals surface area contributed by atoms with Crippen LogP contribution >= 0.6 is 0 Å². The van der Waals surface area contributed by atoms with Gasteiger partial charge in [0.25, 0.3) is 0 Å².